The Balaban J connectivity index is 1.39. The first-order valence-electron chi connectivity index (χ1n) is 18.3. The molecule has 2 bridgehead atoms. The van der Waals surface area contributed by atoms with Crippen molar-refractivity contribution in [1.82, 2.24) is 26.6 Å². The molecular formula is C40H49N5O9. The zero-order chi connectivity index (χ0) is 38.5. The number of benzene rings is 3. The molecule has 288 valence electrons. The molecule has 0 unspecified atom stereocenters. The third-order valence-corrected chi connectivity index (χ3v) is 9.11. The summed E-state index contributed by atoms with van der Waals surface area (Å²) in [4.78, 5) is 67.7. The van der Waals surface area contributed by atoms with Crippen molar-refractivity contribution >= 4 is 29.5 Å². The Hall–Kier alpha value is -5.79. The molecule has 5 rings (SSSR count). The van der Waals surface area contributed by atoms with Gasteiger partial charge in [-0.1, -0.05) is 50.2 Å². The number of rotatable bonds is 6. The van der Waals surface area contributed by atoms with Gasteiger partial charge in [-0.15, -0.1) is 0 Å². The Bertz CT molecular complexity index is 1780. The zero-order valence-electron chi connectivity index (χ0n) is 30.9. The van der Waals surface area contributed by atoms with Crippen molar-refractivity contribution in [3.63, 3.8) is 0 Å². The summed E-state index contributed by atoms with van der Waals surface area (Å²) in [5.74, 6) is -0.876. The van der Waals surface area contributed by atoms with Gasteiger partial charge < -0.3 is 45.5 Å². The second kappa shape index (κ2) is 19.3. The fourth-order valence-electron chi connectivity index (χ4n) is 6.15. The minimum Gasteiger partial charge on any atom is -0.493 e. The molecule has 0 spiro atoms. The highest BCUT2D eigenvalue weighted by molar-refractivity contribution is 5.99. The van der Waals surface area contributed by atoms with Crippen molar-refractivity contribution in [3.8, 4) is 23.0 Å². The van der Waals surface area contributed by atoms with Gasteiger partial charge >= 0.3 is 0 Å². The number of amides is 5. The average Bonchev–Trinajstić information content (AvgIpc) is 3.18. The van der Waals surface area contributed by atoms with E-state index in [1.807, 2.05) is 50.2 Å². The van der Waals surface area contributed by atoms with Crippen LogP contribution >= 0.6 is 0 Å². The van der Waals surface area contributed by atoms with Crippen LogP contribution in [-0.4, -0.2) is 87.7 Å². The third-order valence-electron chi connectivity index (χ3n) is 9.11. The van der Waals surface area contributed by atoms with E-state index in [0.29, 0.717) is 62.0 Å². The van der Waals surface area contributed by atoms with Crippen molar-refractivity contribution in [2.75, 3.05) is 40.0 Å². The first-order valence-corrected chi connectivity index (χ1v) is 18.3. The van der Waals surface area contributed by atoms with Crippen LogP contribution in [0.25, 0.3) is 0 Å². The average molecular weight is 744 g/mol. The van der Waals surface area contributed by atoms with Gasteiger partial charge in [-0.3, -0.25) is 24.0 Å². The standard InChI is InChI=1S/C40H49N5O9/c1-25(2)36-40(50)42-18-7-11-27-13-15-31(51-3)33(22-27)54-24-35(46)41-17-8-12-29(43-37(47)28-14-16-32-34(23-28)53-20-19-52-32)38(48)44-30(39(49)45-36)21-26-9-5-4-6-10-26/h4-6,9-10,13-16,22-23,25,29-30,36H,7-8,11-12,17-21,24H2,1-3H3,(H,41,46)(H,42,50)(H,43,47)(H,44,48)(H,45,49)/t29-,30-,36+/m0/s1. The monoisotopic (exact) mass is 743 g/mol. The number of hydrogen-bond donors (Lipinski definition) is 5. The molecule has 14 nitrogen and oxygen atoms in total. The Kier molecular flexibility index (Phi) is 14.1. The molecule has 0 fully saturated rings. The normalized spacial score (nSPS) is 20.4. The largest absolute Gasteiger partial charge is 0.493 e. The topological polar surface area (TPSA) is 182 Å². The second-order valence-corrected chi connectivity index (χ2v) is 13.5. The van der Waals surface area contributed by atoms with Gasteiger partial charge in [0.25, 0.3) is 11.8 Å². The third kappa shape index (κ3) is 11.1. The van der Waals surface area contributed by atoms with Crippen LogP contribution in [0, 0.1) is 5.92 Å². The highest BCUT2D eigenvalue weighted by Crippen LogP contribution is 2.31. The maximum atomic E-state index is 14.0. The molecule has 54 heavy (non-hydrogen) atoms. The highest BCUT2D eigenvalue weighted by atomic mass is 16.6. The molecule has 2 aliphatic heterocycles. The van der Waals surface area contributed by atoms with Gasteiger partial charge in [-0.25, -0.2) is 0 Å². The molecule has 5 N–H and O–H groups in total. The lowest BCUT2D eigenvalue weighted by Crippen LogP contribution is -2.58. The van der Waals surface area contributed by atoms with E-state index in [0.717, 1.165) is 11.1 Å². The Morgan fingerprint density at radius 2 is 1.57 bits per heavy atom. The Labute approximate surface area is 315 Å². The number of methoxy groups -OCH3 is 1. The van der Waals surface area contributed by atoms with Crippen LogP contribution in [0.4, 0.5) is 0 Å². The van der Waals surface area contributed by atoms with Crippen LogP contribution in [0.2, 0.25) is 0 Å². The number of aryl methyl sites for hydroxylation is 1. The molecule has 0 radical (unpaired) electrons. The summed E-state index contributed by atoms with van der Waals surface area (Å²) in [6, 6.07) is 16.4. The van der Waals surface area contributed by atoms with Gasteiger partial charge in [0.1, 0.15) is 31.3 Å². The van der Waals surface area contributed by atoms with E-state index in [2.05, 4.69) is 26.6 Å². The lowest BCUT2D eigenvalue weighted by atomic mass is 10.00. The van der Waals surface area contributed by atoms with E-state index in [1.165, 1.54) is 7.11 Å². The molecule has 2 aliphatic rings. The van der Waals surface area contributed by atoms with Crippen LogP contribution < -0.4 is 45.5 Å². The fraction of sp³-hybridized carbons (Fsp3) is 0.425. The lowest BCUT2D eigenvalue weighted by molar-refractivity contribution is -0.133. The number of carbonyl (C=O) groups is 5. The van der Waals surface area contributed by atoms with E-state index >= 15 is 0 Å². The molecule has 5 amide bonds. The van der Waals surface area contributed by atoms with Crippen LogP contribution in [-0.2, 0) is 32.0 Å². The fourth-order valence-corrected chi connectivity index (χ4v) is 6.15. The predicted octanol–water partition coefficient (Wildman–Crippen LogP) is 2.47. The Morgan fingerprint density at radius 1 is 0.815 bits per heavy atom. The summed E-state index contributed by atoms with van der Waals surface area (Å²) in [5, 5.41) is 14.3. The number of nitrogens with one attached hydrogen (secondary N) is 5. The lowest BCUT2D eigenvalue weighted by Gasteiger charge is -2.27. The van der Waals surface area contributed by atoms with E-state index < -0.39 is 35.8 Å². The van der Waals surface area contributed by atoms with Crippen LogP contribution in [0.3, 0.4) is 0 Å². The summed E-state index contributed by atoms with van der Waals surface area (Å²) < 4.78 is 22.5. The van der Waals surface area contributed by atoms with Crippen LogP contribution in [0.5, 0.6) is 23.0 Å². The van der Waals surface area contributed by atoms with E-state index in [9.17, 15) is 24.0 Å². The van der Waals surface area contributed by atoms with Gasteiger partial charge in [0.05, 0.1) is 7.11 Å². The zero-order valence-corrected chi connectivity index (χ0v) is 30.9. The van der Waals surface area contributed by atoms with E-state index in [4.69, 9.17) is 18.9 Å². The van der Waals surface area contributed by atoms with Crippen molar-refractivity contribution in [2.45, 2.75) is 64.1 Å². The number of fused-ring (bicyclic) bond motifs is 3. The maximum absolute atomic E-state index is 14.0. The molecule has 0 saturated heterocycles. The molecule has 2 heterocycles. The smallest absolute Gasteiger partial charge is 0.257 e. The second-order valence-electron chi connectivity index (χ2n) is 13.5. The maximum Gasteiger partial charge on any atom is 0.257 e. The minimum atomic E-state index is -1.10. The SMILES string of the molecule is COc1ccc2cc1OCC(=O)NCCC[C@H](NC(=O)c1ccc3c(c1)OCCO3)C(=O)N[C@@H](Cc1ccccc1)C(=O)N[C@H](C(C)C)C(=O)NCCC2. The van der Waals surface area contributed by atoms with Gasteiger partial charge in [0.15, 0.2) is 29.6 Å². The van der Waals surface area contributed by atoms with Crippen molar-refractivity contribution in [1.29, 1.82) is 0 Å². The molecule has 0 aliphatic carbocycles. The summed E-state index contributed by atoms with van der Waals surface area (Å²) in [6.07, 6.45) is 1.77. The number of hydrogen-bond acceptors (Lipinski definition) is 9. The van der Waals surface area contributed by atoms with E-state index in [-0.39, 0.29) is 49.3 Å². The van der Waals surface area contributed by atoms with Crippen LogP contribution in [0.15, 0.2) is 66.7 Å². The molecule has 0 saturated carbocycles. The molecule has 14 heteroatoms. The summed E-state index contributed by atoms with van der Waals surface area (Å²) in [5.41, 5.74) is 1.97. The summed E-state index contributed by atoms with van der Waals surface area (Å²) in [6.45, 7) is 4.66. The van der Waals surface area contributed by atoms with Gasteiger partial charge in [-0.05, 0) is 73.1 Å². The molecular weight excluding hydrogens is 694 g/mol. The predicted molar refractivity (Wildman–Crippen MR) is 200 cm³/mol. The van der Waals surface area contributed by atoms with E-state index in [1.54, 1.807) is 30.3 Å². The summed E-state index contributed by atoms with van der Waals surface area (Å²) >= 11 is 0. The summed E-state index contributed by atoms with van der Waals surface area (Å²) in [7, 11) is 1.51. The van der Waals surface area contributed by atoms with Gasteiger partial charge in [-0.2, -0.15) is 0 Å². The quantitative estimate of drug-likeness (QED) is 0.253. The molecule has 3 atom stereocenters. The van der Waals surface area contributed by atoms with Crippen molar-refractivity contribution in [2.24, 2.45) is 5.92 Å². The first-order chi connectivity index (χ1) is 26.1. The van der Waals surface area contributed by atoms with Gasteiger partial charge in [0, 0.05) is 25.1 Å². The van der Waals surface area contributed by atoms with Crippen LogP contribution in [0.1, 0.15) is 54.6 Å². The number of carbonyl (C=O) groups excluding carboxylic acids is 5. The van der Waals surface area contributed by atoms with Crippen molar-refractivity contribution < 1.29 is 42.9 Å². The molecule has 3 aromatic rings. The molecule has 3 aromatic carbocycles. The van der Waals surface area contributed by atoms with Crippen molar-refractivity contribution in [3.05, 3.63) is 83.4 Å². The van der Waals surface area contributed by atoms with Gasteiger partial charge in [0.2, 0.25) is 17.7 Å². The first kappa shape index (κ1) is 39.4. The minimum absolute atomic E-state index is 0.121. The number of ether oxygens (including phenoxy) is 4. The molecule has 0 aromatic heterocycles. The highest BCUT2D eigenvalue weighted by Gasteiger charge is 2.31. The Morgan fingerprint density at radius 3 is 2.33 bits per heavy atom.